The van der Waals surface area contributed by atoms with Gasteiger partial charge in [0.25, 0.3) is 5.56 Å². The smallest absolute Gasteiger partial charge is 0.293 e. The van der Waals surface area contributed by atoms with Gasteiger partial charge in [0.1, 0.15) is 12.1 Å². The van der Waals surface area contributed by atoms with Crippen LogP contribution < -0.4 is 5.56 Å². The molecule has 148 valence electrons. The molecule has 0 atom stereocenters. The van der Waals surface area contributed by atoms with E-state index in [-0.39, 0.29) is 24.3 Å². The molecule has 0 fully saturated rings. The van der Waals surface area contributed by atoms with Crippen molar-refractivity contribution in [3.05, 3.63) is 87.7 Å². The van der Waals surface area contributed by atoms with Gasteiger partial charge in [0.05, 0.1) is 18.7 Å². The summed E-state index contributed by atoms with van der Waals surface area (Å²) in [7, 11) is 0. The van der Waals surface area contributed by atoms with Gasteiger partial charge in [0.15, 0.2) is 11.2 Å². The number of rotatable bonds is 4. The van der Waals surface area contributed by atoms with Crippen molar-refractivity contribution in [2.24, 2.45) is 0 Å². The highest BCUT2D eigenvalue weighted by Crippen LogP contribution is 2.29. The van der Waals surface area contributed by atoms with Gasteiger partial charge in [0.2, 0.25) is 0 Å². The van der Waals surface area contributed by atoms with E-state index in [0.717, 1.165) is 12.1 Å². The van der Waals surface area contributed by atoms with Gasteiger partial charge >= 0.3 is 6.18 Å². The lowest BCUT2D eigenvalue weighted by atomic mass is 10.1. The second kappa shape index (κ2) is 7.12. The van der Waals surface area contributed by atoms with E-state index in [0.29, 0.717) is 11.1 Å². The minimum absolute atomic E-state index is 0.00393. The third kappa shape index (κ3) is 3.73. The molecule has 2 heterocycles. The van der Waals surface area contributed by atoms with Crippen molar-refractivity contribution < 1.29 is 17.6 Å². The number of halogens is 4. The van der Waals surface area contributed by atoms with Crippen LogP contribution in [0.4, 0.5) is 17.6 Å². The van der Waals surface area contributed by atoms with Crippen LogP contribution in [-0.2, 0) is 19.3 Å². The average Bonchev–Trinajstić information content (AvgIpc) is 3.09. The highest BCUT2D eigenvalue weighted by molar-refractivity contribution is 5.67. The Labute approximate surface area is 161 Å². The molecule has 6 nitrogen and oxygen atoms in total. The van der Waals surface area contributed by atoms with Gasteiger partial charge in [-0.3, -0.25) is 9.36 Å². The predicted molar refractivity (Wildman–Crippen MR) is 95.6 cm³/mol. The van der Waals surface area contributed by atoms with Crippen LogP contribution in [0.1, 0.15) is 16.7 Å². The van der Waals surface area contributed by atoms with Crippen molar-refractivity contribution in [2.75, 3.05) is 0 Å². The Hall–Kier alpha value is -3.56. The molecule has 0 N–H and O–H groups in total. The van der Waals surface area contributed by atoms with Gasteiger partial charge in [-0.15, -0.1) is 5.10 Å². The molecule has 2 aromatic heterocycles. The predicted octanol–water partition coefficient (Wildman–Crippen LogP) is 3.24. The van der Waals surface area contributed by atoms with E-state index in [4.69, 9.17) is 0 Å². The summed E-state index contributed by atoms with van der Waals surface area (Å²) in [6.45, 7) is 0.0820. The highest BCUT2D eigenvalue weighted by atomic mass is 19.4. The van der Waals surface area contributed by atoms with E-state index < -0.39 is 23.1 Å². The first-order valence-electron chi connectivity index (χ1n) is 8.51. The molecule has 0 radical (unpaired) electrons. The zero-order valence-corrected chi connectivity index (χ0v) is 14.8. The summed E-state index contributed by atoms with van der Waals surface area (Å²) in [5.74, 6) is -0.410. The van der Waals surface area contributed by atoms with Crippen molar-refractivity contribution in [3.63, 3.8) is 0 Å². The number of benzene rings is 2. The Balaban J connectivity index is 1.62. The van der Waals surface area contributed by atoms with E-state index in [1.54, 1.807) is 18.2 Å². The fourth-order valence-electron chi connectivity index (χ4n) is 2.89. The number of aromatic nitrogens is 5. The second-order valence-electron chi connectivity index (χ2n) is 6.38. The second-order valence-corrected chi connectivity index (χ2v) is 6.38. The van der Waals surface area contributed by atoms with Gasteiger partial charge in [-0.05, 0) is 23.8 Å². The number of hydrogen-bond donors (Lipinski definition) is 0. The topological polar surface area (TPSA) is 65.6 Å². The number of nitrogens with zero attached hydrogens (tertiary/aromatic N) is 5. The van der Waals surface area contributed by atoms with Crippen LogP contribution in [0.3, 0.4) is 0 Å². The number of alkyl halides is 3. The third-order valence-corrected chi connectivity index (χ3v) is 4.40. The molecule has 2 aromatic carbocycles. The lowest BCUT2D eigenvalue weighted by molar-refractivity contribution is -0.137. The van der Waals surface area contributed by atoms with E-state index >= 15 is 0 Å². The SMILES string of the molecule is O=c1c2nnn(Cc3ccccc3F)c2ncn1Cc1ccc(C(F)(F)F)cc1. The van der Waals surface area contributed by atoms with E-state index in [9.17, 15) is 22.4 Å². The van der Waals surface area contributed by atoms with Gasteiger partial charge in [0, 0.05) is 5.56 Å². The summed E-state index contributed by atoms with van der Waals surface area (Å²) in [6, 6.07) is 10.7. The van der Waals surface area contributed by atoms with Gasteiger partial charge in [-0.25, -0.2) is 14.1 Å². The van der Waals surface area contributed by atoms with Crippen LogP contribution in [0.5, 0.6) is 0 Å². The Morgan fingerprint density at radius 1 is 0.966 bits per heavy atom. The number of fused-ring (bicyclic) bond motifs is 1. The molecule has 0 aliphatic heterocycles. The third-order valence-electron chi connectivity index (χ3n) is 4.40. The fraction of sp³-hybridized carbons (Fsp3) is 0.158. The maximum Gasteiger partial charge on any atom is 0.416 e. The van der Waals surface area contributed by atoms with Crippen molar-refractivity contribution >= 4 is 11.2 Å². The summed E-state index contributed by atoms with van der Waals surface area (Å²) >= 11 is 0. The normalized spacial score (nSPS) is 11.9. The van der Waals surface area contributed by atoms with Gasteiger partial charge < -0.3 is 0 Å². The minimum atomic E-state index is -4.42. The molecule has 10 heteroatoms. The summed E-state index contributed by atoms with van der Waals surface area (Å²) in [5, 5.41) is 7.72. The molecule has 0 aliphatic rings. The molecule has 0 bridgehead atoms. The standard InChI is InChI=1S/C19H13F4N5O/c20-15-4-2-1-3-13(15)10-28-17-16(25-26-28)18(29)27(11-24-17)9-12-5-7-14(8-6-12)19(21,22)23/h1-8,11H,9-10H2. The van der Waals surface area contributed by atoms with Crippen molar-refractivity contribution in [3.8, 4) is 0 Å². The van der Waals surface area contributed by atoms with Crippen molar-refractivity contribution in [1.29, 1.82) is 0 Å². The molecule has 0 aliphatic carbocycles. The number of hydrogen-bond acceptors (Lipinski definition) is 4. The maximum absolute atomic E-state index is 13.9. The van der Waals surface area contributed by atoms with Crippen LogP contribution in [-0.4, -0.2) is 24.5 Å². The van der Waals surface area contributed by atoms with Crippen LogP contribution >= 0.6 is 0 Å². The molecule has 29 heavy (non-hydrogen) atoms. The largest absolute Gasteiger partial charge is 0.416 e. The van der Waals surface area contributed by atoms with Gasteiger partial charge in [-0.1, -0.05) is 35.5 Å². The summed E-state index contributed by atoms with van der Waals surface area (Å²) in [5.41, 5.74) is -0.194. The summed E-state index contributed by atoms with van der Waals surface area (Å²) < 4.78 is 54.4. The molecule has 0 saturated heterocycles. The molecule has 4 rings (SSSR count). The monoisotopic (exact) mass is 403 g/mol. The Kier molecular flexibility index (Phi) is 4.61. The lowest BCUT2D eigenvalue weighted by Gasteiger charge is -2.09. The first-order chi connectivity index (χ1) is 13.8. The summed E-state index contributed by atoms with van der Waals surface area (Å²) in [6.07, 6.45) is -3.16. The Morgan fingerprint density at radius 3 is 2.38 bits per heavy atom. The Bertz CT molecular complexity index is 1230. The van der Waals surface area contributed by atoms with Crippen molar-refractivity contribution in [1.82, 2.24) is 24.5 Å². The lowest BCUT2D eigenvalue weighted by Crippen LogP contribution is -2.21. The molecule has 0 saturated carbocycles. The molecule has 0 spiro atoms. The van der Waals surface area contributed by atoms with Crippen LogP contribution in [0.25, 0.3) is 11.2 Å². The Morgan fingerprint density at radius 2 is 1.69 bits per heavy atom. The van der Waals surface area contributed by atoms with E-state index in [2.05, 4.69) is 15.3 Å². The minimum Gasteiger partial charge on any atom is -0.293 e. The molecule has 4 aromatic rings. The first kappa shape index (κ1) is 18.8. The van der Waals surface area contributed by atoms with E-state index in [1.165, 1.54) is 33.8 Å². The fourth-order valence-corrected chi connectivity index (χ4v) is 2.89. The highest BCUT2D eigenvalue weighted by Gasteiger charge is 2.29. The van der Waals surface area contributed by atoms with Crippen molar-refractivity contribution in [2.45, 2.75) is 19.3 Å². The molecular formula is C19H13F4N5O. The van der Waals surface area contributed by atoms with Gasteiger partial charge in [-0.2, -0.15) is 13.2 Å². The van der Waals surface area contributed by atoms with Crippen LogP contribution in [0.2, 0.25) is 0 Å². The first-order valence-corrected chi connectivity index (χ1v) is 8.51. The maximum atomic E-state index is 13.9. The molecule has 0 unspecified atom stereocenters. The average molecular weight is 403 g/mol. The summed E-state index contributed by atoms with van der Waals surface area (Å²) in [4.78, 5) is 16.8. The van der Waals surface area contributed by atoms with E-state index in [1.807, 2.05) is 0 Å². The zero-order valence-electron chi connectivity index (χ0n) is 14.8. The van der Waals surface area contributed by atoms with Crippen LogP contribution in [0.15, 0.2) is 59.7 Å². The zero-order chi connectivity index (χ0) is 20.6. The molecule has 0 amide bonds. The van der Waals surface area contributed by atoms with Crippen LogP contribution in [0, 0.1) is 5.82 Å². The quantitative estimate of drug-likeness (QED) is 0.491. The molecular weight excluding hydrogens is 390 g/mol.